The first-order chi connectivity index (χ1) is 15.5. The molecule has 0 aliphatic carbocycles. The average Bonchev–Trinajstić information content (AvgIpc) is 2.82. The van der Waals surface area contributed by atoms with E-state index in [0.717, 1.165) is 26.1 Å². The van der Waals surface area contributed by atoms with E-state index < -0.39 is 12.5 Å². The van der Waals surface area contributed by atoms with Gasteiger partial charge in [-0.15, -0.1) is 0 Å². The van der Waals surface area contributed by atoms with Gasteiger partial charge in [0.1, 0.15) is 0 Å². The molecule has 0 bridgehead atoms. The molecule has 9 heteroatoms. The van der Waals surface area contributed by atoms with Crippen LogP contribution in [0.25, 0.3) is 0 Å². The third-order valence-corrected chi connectivity index (χ3v) is 5.33. The van der Waals surface area contributed by atoms with Crippen LogP contribution in [0.2, 0.25) is 0 Å². The number of alkyl halides is 2. The number of hydrogen-bond acceptors (Lipinski definition) is 5. The van der Waals surface area contributed by atoms with Crippen molar-refractivity contribution < 1.29 is 27.8 Å². The molecule has 1 fully saturated rings. The number of methoxy groups -OCH3 is 1. The Hall–Kier alpha value is -3.20. The summed E-state index contributed by atoms with van der Waals surface area (Å²) >= 11 is 0. The zero-order valence-corrected chi connectivity index (χ0v) is 17.9. The molecule has 0 aromatic heterocycles. The first kappa shape index (κ1) is 23.5. The summed E-state index contributed by atoms with van der Waals surface area (Å²) in [5.74, 6) is -0.816. The van der Waals surface area contributed by atoms with Crippen molar-refractivity contribution >= 4 is 11.8 Å². The number of rotatable bonds is 9. The Balaban J connectivity index is 1.43. The van der Waals surface area contributed by atoms with Crippen LogP contribution in [0.3, 0.4) is 0 Å². The Kier molecular flexibility index (Phi) is 8.38. The predicted molar refractivity (Wildman–Crippen MR) is 115 cm³/mol. The van der Waals surface area contributed by atoms with Gasteiger partial charge in [0.05, 0.1) is 13.7 Å². The molecule has 0 radical (unpaired) electrons. The Labute approximate surface area is 185 Å². The van der Waals surface area contributed by atoms with Crippen LogP contribution in [-0.4, -0.2) is 74.6 Å². The summed E-state index contributed by atoms with van der Waals surface area (Å²) in [4.78, 5) is 28.9. The molecule has 0 unspecified atom stereocenters. The fraction of sp³-hybridized carbons (Fsp3) is 0.391. The molecule has 1 aliphatic rings. The number of amides is 2. The second-order valence-electron chi connectivity index (χ2n) is 7.38. The van der Waals surface area contributed by atoms with Crippen LogP contribution < -0.4 is 14.8 Å². The number of nitrogens with zero attached hydrogens (tertiary/aromatic N) is 2. The fourth-order valence-corrected chi connectivity index (χ4v) is 3.52. The van der Waals surface area contributed by atoms with E-state index in [1.54, 1.807) is 4.90 Å². The number of carbonyl (C=O) groups is 2. The molecular formula is C23H27F2N3O4. The lowest BCUT2D eigenvalue weighted by Crippen LogP contribution is -2.51. The molecule has 1 aliphatic heterocycles. The van der Waals surface area contributed by atoms with Gasteiger partial charge in [-0.2, -0.15) is 8.78 Å². The monoisotopic (exact) mass is 447 g/mol. The van der Waals surface area contributed by atoms with Gasteiger partial charge in [0.25, 0.3) is 5.91 Å². The lowest BCUT2D eigenvalue weighted by molar-refractivity contribution is -0.131. The van der Waals surface area contributed by atoms with Crippen molar-refractivity contribution in [3.8, 4) is 11.5 Å². The Morgan fingerprint density at radius 3 is 2.41 bits per heavy atom. The molecule has 172 valence electrons. The molecule has 0 atom stereocenters. The van der Waals surface area contributed by atoms with Gasteiger partial charge < -0.3 is 19.7 Å². The van der Waals surface area contributed by atoms with Crippen LogP contribution in [0.4, 0.5) is 8.78 Å². The van der Waals surface area contributed by atoms with Gasteiger partial charge in [-0.1, -0.05) is 30.3 Å². The molecule has 2 amide bonds. The van der Waals surface area contributed by atoms with Crippen LogP contribution >= 0.6 is 0 Å². The number of hydrogen-bond donors (Lipinski definition) is 1. The third-order valence-electron chi connectivity index (χ3n) is 5.33. The molecule has 0 saturated carbocycles. The predicted octanol–water partition coefficient (Wildman–Crippen LogP) is 2.41. The van der Waals surface area contributed by atoms with Crippen LogP contribution in [-0.2, 0) is 11.2 Å². The first-order valence-electron chi connectivity index (χ1n) is 10.4. The van der Waals surface area contributed by atoms with Crippen molar-refractivity contribution in [3.05, 3.63) is 59.7 Å². The summed E-state index contributed by atoms with van der Waals surface area (Å²) in [6.07, 6.45) is 0.968. The highest BCUT2D eigenvalue weighted by atomic mass is 19.3. The van der Waals surface area contributed by atoms with Gasteiger partial charge in [-0.05, 0) is 30.2 Å². The maximum atomic E-state index is 12.5. The van der Waals surface area contributed by atoms with E-state index in [0.29, 0.717) is 13.1 Å². The molecule has 2 aromatic carbocycles. The lowest BCUT2D eigenvalue weighted by Gasteiger charge is -2.34. The molecule has 1 saturated heterocycles. The molecule has 0 spiro atoms. The van der Waals surface area contributed by atoms with E-state index in [9.17, 15) is 18.4 Å². The topological polar surface area (TPSA) is 71.1 Å². The Morgan fingerprint density at radius 1 is 1.03 bits per heavy atom. The third kappa shape index (κ3) is 6.65. The standard InChI is InChI=1S/C23H27F2N3O4/c1-31-20-15-18(7-8-19(20)32-23(24)25)22(30)26-16-21(29)28-13-11-27(12-14-28)10-9-17-5-3-2-4-6-17/h2-8,15,23H,9-14,16H2,1H3,(H,26,30). The normalized spacial score (nSPS) is 14.3. The molecular weight excluding hydrogens is 420 g/mol. The highest BCUT2D eigenvalue weighted by molar-refractivity contribution is 5.97. The molecule has 2 aromatic rings. The maximum Gasteiger partial charge on any atom is 0.387 e. The minimum atomic E-state index is -3.00. The summed E-state index contributed by atoms with van der Waals surface area (Å²) in [5.41, 5.74) is 1.47. The first-order valence-corrected chi connectivity index (χ1v) is 10.4. The summed E-state index contributed by atoms with van der Waals surface area (Å²) < 4.78 is 34.2. The Bertz CT molecular complexity index is 903. The van der Waals surface area contributed by atoms with Gasteiger partial charge in [0.15, 0.2) is 11.5 Å². The van der Waals surface area contributed by atoms with Gasteiger partial charge in [0.2, 0.25) is 5.91 Å². The second kappa shape index (κ2) is 11.4. The van der Waals surface area contributed by atoms with E-state index in [2.05, 4.69) is 27.1 Å². The van der Waals surface area contributed by atoms with Crippen molar-refractivity contribution in [1.82, 2.24) is 15.1 Å². The van der Waals surface area contributed by atoms with Crippen molar-refractivity contribution in [2.24, 2.45) is 0 Å². The van der Waals surface area contributed by atoms with Crippen molar-refractivity contribution in [1.29, 1.82) is 0 Å². The average molecular weight is 447 g/mol. The van der Waals surface area contributed by atoms with Gasteiger partial charge in [-0.3, -0.25) is 14.5 Å². The smallest absolute Gasteiger partial charge is 0.387 e. The number of halogens is 2. The van der Waals surface area contributed by atoms with Crippen LogP contribution in [0.5, 0.6) is 11.5 Å². The van der Waals surface area contributed by atoms with E-state index in [-0.39, 0.29) is 29.5 Å². The summed E-state index contributed by atoms with van der Waals surface area (Å²) in [6.45, 7) is 0.592. The molecule has 32 heavy (non-hydrogen) atoms. The van der Waals surface area contributed by atoms with Gasteiger partial charge in [-0.25, -0.2) is 0 Å². The van der Waals surface area contributed by atoms with Gasteiger partial charge in [0, 0.05) is 38.3 Å². The summed E-state index contributed by atoms with van der Waals surface area (Å²) in [6, 6.07) is 14.1. The fourth-order valence-electron chi connectivity index (χ4n) is 3.52. The lowest BCUT2D eigenvalue weighted by atomic mass is 10.1. The number of piperazine rings is 1. The minimum absolute atomic E-state index is 0.0101. The van der Waals surface area contributed by atoms with Crippen LogP contribution in [0, 0.1) is 0 Å². The highest BCUT2D eigenvalue weighted by Gasteiger charge is 2.22. The number of nitrogens with one attached hydrogen (secondary N) is 1. The quantitative estimate of drug-likeness (QED) is 0.639. The van der Waals surface area contributed by atoms with E-state index in [1.807, 2.05) is 18.2 Å². The molecule has 1 N–H and O–H groups in total. The molecule has 7 nitrogen and oxygen atoms in total. The zero-order valence-electron chi connectivity index (χ0n) is 17.9. The van der Waals surface area contributed by atoms with Crippen molar-refractivity contribution in [3.63, 3.8) is 0 Å². The summed E-state index contributed by atoms with van der Waals surface area (Å²) in [5, 5.41) is 2.58. The van der Waals surface area contributed by atoms with Crippen molar-refractivity contribution in [2.45, 2.75) is 13.0 Å². The zero-order chi connectivity index (χ0) is 22.9. The number of carbonyl (C=O) groups excluding carboxylic acids is 2. The second-order valence-corrected chi connectivity index (χ2v) is 7.38. The molecule has 3 rings (SSSR count). The SMILES string of the molecule is COc1cc(C(=O)NCC(=O)N2CCN(CCc3ccccc3)CC2)ccc1OC(F)F. The van der Waals surface area contributed by atoms with E-state index in [1.165, 1.54) is 30.9 Å². The van der Waals surface area contributed by atoms with E-state index in [4.69, 9.17) is 4.74 Å². The summed E-state index contributed by atoms with van der Waals surface area (Å²) in [7, 11) is 1.29. The molecule has 1 heterocycles. The highest BCUT2D eigenvalue weighted by Crippen LogP contribution is 2.29. The number of ether oxygens (including phenoxy) is 2. The maximum absolute atomic E-state index is 12.5. The van der Waals surface area contributed by atoms with Crippen LogP contribution in [0.1, 0.15) is 15.9 Å². The minimum Gasteiger partial charge on any atom is -0.493 e. The number of benzene rings is 2. The Morgan fingerprint density at radius 2 is 1.75 bits per heavy atom. The van der Waals surface area contributed by atoms with Crippen molar-refractivity contribution in [2.75, 3.05) is 46.4 Å². The van der Waals surface area contributed by atoms with E-state index >= 15 is 0 Å². The van der Waals surface area contributed by atoms with Crippen LogP contribution in [0.15, 0.2) is 48.5 Å². The largest absolute Gasteiger partial charge is 0.493 e. The van der Waals surface area contributed by atoms with Gasteiger partial charge >= 0.3 is 6.61 Å².